The van der Waals surface area contributed by atoms with Gasteiger partial charge in [0, 0.05) is 11.1 Å². The predicted octanol–water partition coefficient (Wildman–Crippen LogP) is 8.24. The van der Waals surface area contributed by atoms with Gasteiger partial charge >= 0.3 is 5.97 Å². The second kappa shape index (κ2) is 12.4. The molecule has 0 N–H and O–H groups in total. The molecule has 2 aromatic rings. The zero-order chi connectivity index (χ0) is 23.6. The third-order valence-electron chi connectivity index (χ3n) is 6.63. The summed E-state index contributed by atoms with van der Waals surface area (Å²) in [6, 6.07) is 13.8. The normalized spacial score (nSPS) is 18.3. The van der Waals surface area contributed by atoms with Gasteiger partial charge in [-0.25, -0.2) is 4.79 Å². The summed E-state index contributed by atoms with van der Waals surface area (Å²) < 4.78 is 10.9. The van der Waals surface area contributed by atoms with Crippen LogP contribution in [-0.2, 0) is 4.79 Å². The molecule has 1 aliphatic carbocycles. The van der Waals surface area contributed by atoms with Gasteiger partial charge in [-0.05, 0) is 79.8 Å². The summed E-state index contributed by atoms with van der Waals surface area (Å²) in [5.74, 6) is 2.58. The summed E-state index contributed by atoms with van der Waals surface area (Å²) in [5, 5.41) is 0. The van der Waals surface area contributed by atoms with E-state index in [2.05, 4.69) is 37.8 Å². The van der Waals surface area contributed by atoms with Crippen LogP contribution in [-0.4, -0.2) is 13.1 Å². The Bertz CT molecular complexity index is 947. The summed E-state index contributed by atoms with van der Waals surface area (Å²) in [6.07, 6.45) is 15.4. The van der Waals surface area contributed by atoms with Crippen LogP contribution >= 0.6 is 0 Å². The first-order valence-corrected chi connectivity index (χ1v) is 12.3. The molecule has 0 unspecified atom stereocenters. The Kier molecular flexibility index (Phi) is 9.35. The predicted molar refractivity (Wildman–Crippen MR) is 138 cm³/mol. The molecule has 0 radical (unpaired) electrons. The van der Waals surface area contributed by atoms with Crippen molar-refractivity contribution >= 4 is 12.0 Å². The van der Waals surface area contributed by atoms with E-state index in [1.807, 2.05) is 30.3 Å². The Morgan fingerprint density at radius 1 is 1.03 bits per heavy atom. The highest BCUT2D eigenvalue weighted by Gasteiger charge is 2.19. The van der Waals surface area contributed by atoms with Gasteiger partial charge in [0.05, 0.1) is 7.11 Å². The molecule has 3 rings (SSSR count). The number of methoxy groups -OCH3 is 1. The Hall–Kier alpha value is -2.81. The highest BCUT2D eigenvalue weighted by Crippen LogP contribution is 2.34. The average molecular weight is 447 g/mol. The Balaban J connectivity index is 1.65. The number of allylic oxidation sites excluding steroid dienone is 1. The van der Waals surface area contributed by atoms with Gasteiger partial charge in [-0.3, -0.25) is 0 Å². The fourth-order valence-corrected chi connectivity index (χ4v) is 4.55. The van der Waals surface area contributed by atoms with E-state index >= 15 is 0 Å². The van der Waals surface area contributed by atoms with Gasteiger partial charge in [0.25, 0.3) is 0 Å². The number of hydrogen-bond donors (Lipinski definition) is 0. The van der Waals surface area contributed by atoms with Crippen molar-refractivity contribution in [3.05, 3.63) is 66.3 Å². The van der Waals surface area contributed by atoms with Gasteiger partial charge in [0.15, 0.2) is 0 Å². The zero-order valence-corrected chi connectivity index (χ0v) is 20.4. The lowest BCUT2D eigenvalue weighted by atomic mass is 9.79. The summed E-state index contributed by atoms with van der Waals surface area (Å²) in [7, 11) is 1.72. The van der Waals surface area contributed by atoms with E-state index in [-0.39, 0.29) is 0 Å². The highest BCUT2D eigenvalue weighted by molar-refractivity contribution is 5.88. The minimum absolute atomic E-state index is 0.385. The number of carbonyl (C=O) groups is 1. The number of esters is 1. The van der Waals surface area contributed by atoms with E-state index in [9.17, 15) is 4.79 Å². The third kappa shape index (κ3) is 7.35. The molecule has 1 aliphatic rings. The molecule has 1 saturated carbocycles. The molecule has 0 amide bonds. The fourth-order valence-electron chi connectivity index (χ4n) is 4.55. The number of unbranched alkanes of at least 4 members (excludes halogenated alkanes) is 2. The van der Waals surface area contributed by atoms with Gasteiger partial charge in [0.2, 0.25) is 0 Å². The van der Waals surface area contributed by atoms with Crippen molar-refractivity contribution in [1.29, 1.82) is 0 Å². The monoisotopic (exact) mass is 446 g/mol. The molecule has 0 heterocycles. The van der Waals surface area contributed by atoms with Crippen LogP contribution < -0.4 is 9.47 Å². The zero-order valence-electron chi connectivity index (χ0n) is 20.4. The van der Waals surface area contributed by atoms with Crippen molar-refractivity contribution in [2.75, 3.05) is 7.11 Å². The molecule has 0 bridgehead atoms. The van der Waals surface area contributed by atoms with Gasteiger partial charge < -0.3 is 9.47 Å². The molecule has 3 nitrogen and oxygen atoms in total. The smallest absolute Gasteiger partial charge is 0.338 e. The number of rotatable bonds is 10. The number of benzene rings is 2. The van der Waals surface area contributed by atoms with Crippen molar-refractivity contribution < 1.29 is 14.3 Å². The number of ether oxygens (including phenoxy) is 2. The molecule has 0 spiro atoms. The van der Waals surface area contributed by atoms with Gasteiger partial charge in [0.1, 0.15) is 11.5 Å². The Labute approximate surface area is 199 Å². The van der Waals surface area contributed by atoms with E-state index < -0.39 is 5.97 Å². The van der Waals surface area contributed by atoms with Crippen LogP contribution in [0.3, 0.4) is 0 Å². The van der Waals surface area contributed by atoms with Crippen molar-refractivity contribution in [1.82, 2.24) is 0 Å². The molecular weight excluding hydrogens is 408 g/mol. The van der Waals surface area contributed by atoms with Crippen molar-refractivity contribution in [2.24, 2.45) is 11.8 Å². The van der Waals surface area contributed by atoms with Gasteiger partial charge in [-0.1, -0.05) is 69.5 Å². The fraction of sp³-hybridized carbons (Fsp3) is 0.433. The van der Waals surface area contributed by atoms with E-state index in [1.165, 1.54) is 51.4 Å². The van der Waals surface area contributed by atoms with Crippen LogP contribution in [0.2, 0.25) is 0 Å². The molecule has 176 valence electrons. The Morgan fingerprint density at radius 2 is 1.73 bits per heavy atom. The van der Waals surface area contributed by atoms with Crippen LogP contribution in [0.25, 0.3) is 17.2 Å². The topological polar surface area (TPSA) is 35.5 Å². The maximum atomic E-state index is 11.7. The quantitative estimate of drug-likeness (QED) is 0.159. The summed E-state index contributed by atoms with van der Waals surface area (Å²) in [5.41, 5.74) is 3.65. The van der Waals surface area contributed by atoms with Crippen molar-refractivity contribution in [2.45, 2.75) is 65.2 Å². The molecule has 3 heteroatoms. The van der Waals surface area contributed by atoms with Crippen LogP contribution in [0.1, 0.15) is 70.8 Å². The summed E-state index contributed by atoms with van der Waals surface area (Å²) in [6.45, 7) is 7.54. The second-order valence-electron chi connectivity index (χ2n) is 9.29. The van der Waals surface area contributed by atoms with Crippen molar-refractivity contribution in [3.8, 4) is 22.6 Å². The lowest BCUT2D eigenvalue weighted by molar-refractivity contribution is -0.130. The highest BCUT2D eigenvalue weighted by atomic mass is 16.5. The first kappa shape index (κ1) is 24.8. The molecule has 1 fully saturated rings. The first-order chi connectivity index (χ1) is 16.0. The number of carbonyl (C=O) groups excluding carboxylic acids is 1. The molecule has 0 saturated heterocycles. The van der Waals surface area contributed by atoms with Crippen molar-refractivity contribution in [3.63, 3.8) is 0 Å². The molecule has 0 aromatic heterocycles. The van der Waals surface area contributed by atoms with Gasteiger partial charge in [-0.15, -0.1) is 0 Å². The van der Waals surface area contributed by atoms with Crippen LogP contribution in [0, 0.1) is 11.8 Å². The van der Waals surface area contributed by atoms with E-state index in [0.29, 0.717) is 17.2 Å². The SMILES string of the molecule is C=C(C)C(=O)Oc1ccc(-c2ccc(OC)c(/C=C/C3CCC(CCCCC)CC3)c2)cc1. The summed E-state index contributed by atoms with van der Waals surface area (Å²) >= 11 is 0. The molecule has 33 heavy (non-hydrogen) atoms. The molecule has 2 aromatic carbocycles. The maximum absolute atomic E-state index is 11.7. The first-order valence-electron chi connectivity index (χ1n) is 12.3. The Morgan fingerprint density at radius 3 is 2.36 bits per heavy atom. The molecule has 0 atom stereocenters. The number of hydrogen-bond acceptors (Lipinski definition) is 3. The van der Waals surface area contributed by atoms with Gasteiger partial charge in [-0.2, -0.15) is 0 Å². The standard InChI is InChI=1S/C30H38O3/c1-5-6-7-8-23-9-11-24(12-10-23)13-14-27-21-26(17-20-29(27)32-4)25-15-18-28(19-16-25)33-30(31)22(2)3/h13-21,23-24H,2,5-12H2,1,3-4H3/b14-13+. The van der Waals surface area contributed by atoms with E-state index in [0.717, 1.165) is 28.4 Å². The van der Waals surface area contributed by atoms with Crippen LogP contribution in [0.4, 0.5) is 0 Å². The van der Waals surface area contributed by atoms with E-state index in [4.69, 9.17) is 9.47 Å². The summed E-state index contributed by atoms with van der Waals surface area (Å²) in [4.78, 5) is 11.7. The maximum Gasteiger partial charge on any atom is 0.338 e. The molecular formula is C30H38O3. The lowest BCUT2D eigenvalue weighted by Crippen LogP contribution is -2.13. The molecule has 0 aliphatic heterocycles. The van der Waals surface area contributed by atoms with Crippen LogP contribution in [0.5, 0.6) is 11.5 Å². The van der Waals surface area contributed by atoms with E-state index in [1.54, 1.807) is 14.0 Å². The van der Waals surface area contributed by atoms with Crippen LogP contribution in [0.15, 0.2) is 60.7 Å². The average Bonchev–Trinajstić information content (AvgIpc) is 2.84. The minimum atomic E-state index is -0.408. The second-order valence-corrected chi connectivity index (χ2v) is 9.29. The lowest BCUT2D eigenvalue weighted by Gasteiger charge is -2.26. The largest absolute Gasteiger partial charge is 0.496 e. The minimum Gasteiger partial charge on any atom is -0.496 e. The third-order valence-corrected chi connectivity index (χ3v) is 6.63.